The Balaban J connectivity index is 2.96. The maximum absolute atomic E-state index is 12.2. The Bertz CT molecular complexity index is 397. The van der Waals surface area contributed by atoms with Crippen molar-refractivity contribution in [2.24, 2.45) is 17.8 Å². The van der Waals surface area contributed by atoms with E-state index in [2.05, 4.69) is 0 Å². The minimum atomic E-state index is -1.01. The molecule has 0 heterocycles. The minimum Gasteiger partial charge on any atom is -0.454 e. The maximum atomic E-state index is 12.2. The predicted molar refractivity (Wildman–Crippen MR) is 73.8 cm³/mol. The van der Waals surface area contributed by atoms with Crippen molar-refractivity contribution in [3.8, 4) is 0 Å². The van der Waals surface area contributed by atoms with Gasteiger partial charge in [-0.3, -0.25) is 9.59 Å². The van der Waals surface area contributed by atoms with Crippen LogP contribution in [0.2, 0.25) is 0 Å². The molecule has 0 spiro atoms. The summed E-state index contributed by atoms with van der Waals surface area (Å²) in [5.41, 5.74) is 0.108. The molecule has 0 amide bonds. The second-order valence-electron chi connectivity index (χ2n) is 6.03. The normalized spacial score (nSPS) is 26.9. The summed E-state index contributed by atoms with van der Waals surface area (Å²) in [6, 6.07) is 0. The lowest BCUT2D eigenvalue weighted by molar-refractivity contribution is -0.162. The van der Waals surface area contributed by atoms with Crippen LogP contribution in [-0.2, 0) is 14.3 Å². The highest BCUT2D eigenvalue weighted by molar-refractivity contribution is 6.01. The van der Waals surface area contributed by atoms with Crippen molar-refractivity contribution in [3.05, 3.63) is 11.6 Å². The van der Waals surface area contributed by atoms with Crippen LogP contribution >= 0.6 is 0 Å². The molecule has 3 atom stereocenters. The van der Waals surface area contributed by atoms with Crippen molar-refractivity contribution in [2.45, 2.75) is 46.3 Å². The molecular weight excluding hydrogens is 260 g/mol. The van der Waals surface area contributed by atoms with E-state index in [0.717, 1.165) is 0 Å². The number of carbonyl (C=O) groups excluding carboxylic acids is 2. The predicted octanol–water partition coefficient (Wildman–Crippen LogP) is 1.08. The molecule has 0 radical (unpaired) electrons. The summed E-state index contributed by atoms with van der Waals surface area (Å²) in [7, 11) is 0. The van der Waals surface area contributed by atoms with Gasteiger partial charge in [-0.15, -0.1) is 0 Å². The molecule has 5 nitrogen and oxygen atoms in total. The van der Waals surface area contributed by atoms with Gasteiger partial charge in [0.05, 0.1) is 12.7 Å². The van der Waals surface area contributed by atoms with Crippen molar-refractivity contribution >= 4 is 11.8 Å². The van der Waals surface area contributed by atoms with Crippen LogP contribution in [0.3, 0.4) is 0 Å². The smallest absolute Gasteiger partial charge is 0.306 e. The highest BCUT2D eigenvalue weighted by Crippen LogP contribution is 2.30. The molecule has 0 bridgehead atoms. The lowest BCUT2D eigenvalue weighted by atomic mass is 9.77. The zero-order valence-corrected chi connectivity index (χ0v) is 12.5. The second-order valence-corrected chi connectivity index (χ2v) is 6.03. The molecular formula is C15H24O5. The van der Waals surface area contributed by atoms with Gasteiger partial charge >= 0.3 is 5.97 Å². The number of aliphatic hydroxyl groups excluding tert-OH is 2. The van der Waals surface area contributed by atoms with E-state index in [1.54, 1.807) is 0 Å². The van der Waals surface area contributed by atoms with Gasteiger partial charge in [0.1, 0.15) is 0 Å². The molecule has 0 aromatic heterocycles. The fourth-order valence-electron chi connectivity index (χ4n) is 2.47. The lowest BCUT2D eigenvalue weighted by Gasteiger charge is -2.35. The van der Waals surface area contributed by atoms with Crippen LogP contribution in [0.4, 0.5) is 0 Å². The molecule has 0 saturated carbocycles. The van der Waals surface area contributed by atoms with Crippen LogP contribution in [0.5, 0.6) is 0 Å². The molecule has 2 N–H and O–H groups in total. The summed E-state index contributed by atoms with van der Waals surface area (Å²) in [5, 5.41) is 19.3. The highest BCUT2D eigenvalue weighted by Gasteiger charge is 2.42. The molecule has 0 aliphatic heterocycles. The van der Waals surface area contributed by atoms with E-state index in [-0.39, 0.29) is 23.8 Å². The third kappa shape index (κ3) is 3.90. The quantitative estimate of drug-likeness (QED) is 0.738. The summed E-state index contributed by atoms with van der Waals surface area (Å²) >= 11 is 0. The van der Waals surface area contributed by atoms with Gasteiger partial charge in [0.15, 0.2) is 6.10 Å². The summed E-state index contributed by atoms with van der Waals surface area (Å²) in [4.78, 5) is 24.0. The summed E-state index contributed by atoms with van der Waals surface area (Å²) in [6.07, 6.45) is -0.321. The van der Waals surface area contributed by atoms with Crippen molar-refractivity contribution < 1.29 is 24.5 Å². The van der Waals surface area contributed by atoms with E-state index in [1.807, 2.05) is 27.7 Å². The first-order chi connectivity index (χ1) is 9.27. The Kier molecular flexibility index (Phi) is 5.89. The van der Waals surface area contributed by atoms with Crippen molar-refractivity contribution in [2.75, 3.05) is 6.61 Å². The molecule has 0 unspecified atom stereocenters. The van der Waals surface area contributed by atoms with E-state index in [0.29, 0.717) is 0 Å². The van der Waals surface area contributed by atoms with E-state index in [1.165, 1.54) is 6.08 Å². The molecule has 0 fully saturated rings. The van der Waals surface area contributed by atoms with Crippen LogP contribution in [0, 0.1) is 17.8 Å². The molecule has 1 rings (SSSR count). The summed E-state index contributed by atoms with van der Waals surface area (Å²) in [5.74, 6) is -1.23. The number of hydrogen-bond acceptors (Lipinski definition) is 5. The van der Waals surface area contributed by atoms with E-state index in [9.17, 15) is 14.7 Å². The second kappa shape index (κ2) is 6.99. The monoisotopic (exact) mass is 284 g/mol. The van der Waals surface area contributed by atoms with Crippen molar-refractivity contribution in [3.63, 3.8) is 0 Å². The zero-order chi connectivity index (χ0) is 15.4. The van der Waals surface area contributed by atoms with Crippen LogP contribution < -0.4 is 0 Å². The van der Waals surface area contributed by atoms with Crippen molar-refractivity contribution in [1.82, 2.24) is 0 Å². The first-order valence-corrected chi connectivity index (χ1v) is 7.01. The number of esters is 1. The molecule has 5 heteroatoms. The first-order valence-electron chi connectivity index (χ1n) is 7.01. The van der Waals surface area contributed by atoms with Gasteiger partial charge in [0.2, 0.25) is 5.78 Å². The summed E-state index contributed by atoms with van der Waals surface area (Å²) < 4.78 is 5.29. The zero-order valence-electron chi connectivity index (χ0n) is 12.5. The Morgan fingerprint density at radius 3 is 2.40 bits per heavy atom. The maximum Gasteiger partial charge on any atom is 0.306 e. The summed E-state index contributed by atoms with van der Waals surface area (Å²) in [6.45, 7) is 7.04. The van der Waals surface area contributed by atoms with Gasteiger partial charge in [-0.2, -0.15) is 0 Å². The molecule has 1 aliphatic rings. The van der Waals surface area contributed by atoms with Gasteiger partial charge in [-0.05, 0) is 17.9 Å². The SMILES string of the molecule is CC(C)CC(=O)O[C@@H]1C(=O)C(CO)=C[C@@H](O)[C@H]1C(C)C. The van der Waals surface area contributed by atoms with Gasteiger partial charge in [0, 0.05) is 17.9 Å². The molecule has 114 valence electrons. The molecule has 0 aromatic carbocycles. The Hall–Kier alpha value is -1.20. The molecule has 20 heavy (non-hydrogen) atoms. The molecule has 0 aromatic rings. The van der Waals surface area contributed by atoms with Gasteiger partial charge in [-0.25, -0.2) is 0 Å². The number of rotatable bonds is 5. The number of carbonyl (C=O) groups is 2. The number of Topliss-reactive ketones (excluding diaryl/α,β-unsaturated/α-hetero) is 1. The number of ketones is 1. The first kappa shape index (κ1) is 16.9. The van der Waals surface area contributed by atoms with Crippen LogP contribution in [-0.4, -0.2) is 40.8 Å². The Labute approximate surface area is 119 Å². The third-order valence-electron chi connectivity index (χ3n) is 3.46. The minimum absolute atomic E-state index is 0.0257. The van der Waals surface area contributed by atoms with Crippen LogP contribution in [0.15, 0.2) is 11.6 Å². The lowest BCUT2D eigenvalue weighted by Crippen LogP contribution is -2.47. The van der Waals surface area contributed by atoms with E-state index in [4.69, 9.17) is 9.84 Å². The Morgan fingerprint density at radius 1 is 1.35 bits per heavy atom. The van der Waals surface area contributed by atoms with Crippen LogP contribution in [0.1, 0.15) is 34.1 Å². The van der Waals surface area contributed by atoms with Crippen LogP contribution in [0.25, 0.3) is 0 Å². The van der Waals surface area contributed by atoms with Gasteiger partial charge in [0.25, 0.3) is 0 Å². The Morgan fingerprint density at radius 2 is 1.95 bits per heavy atom. The molecule has 1 aliphatic carbocycles. The number of ether oxygens (including phenoxy) is 1. The van der Waals surface area contributed by atoms with E-state index >= 15 is 0 Å². The standard InChI is InChI=1S/C15H24O5/c1-8(2)5-12(18)20-15-13(9(3)4)11(17)6-10(7-16)14(15)19/h6,8-9,11,13,15-17H,5,7H2,1-4H3/t11-,13-,15+/m1/s1. The topological polar surface area (TPSA) is 83.8 Å². The fourth-order valence-corrected chi connectivity index (χ4v) is 2.47. The average molecular weight is 284 g/mol. The van der Waals surface area contributed by atoms with E-state index < -0.39 is 36.5 Å². The average Bonchev–Trinajstić information content (AvgIpc) is 2.31. The van der Waals surface area contributed by atoms with Gasteiger partial charge in [-0.1, -0.05) is 27.7 Å². The molecule has 0 saturated heterocycles. The largest absolute Gasteiger partial charge is 0.454 e. The highest BCUT2D eigenvalue weighted by atomic mass is 16.5. The van der Waals surface area contributed by atoms with Gasteiger partial charge < -0.3 is 14.9 Å². The number of hydrogen-bond donors (Lipinski definition) is 2. The third-order valence-corrected chi connectivity index (χ3v) is 3.46. The number of aliphatic hydroxyl groups is 2. The fraction of sp³-hybridized carbons (Fsp3) is 0.733. The van der Waals surface area contributed by atoms with Crippen molar-refractivity contribution in [1.29, 1.82) is 0 Å².